The molecule has 0 aliphatic carbocycles. The Bertz CT molecular complexity index is 483. The van der Waals surface area contributed by atoms with Gasteiger partial charge in [-0.25, -0.2) is 0 Å². The van der Waals surface area contributed by atoms with Gasteiger partial charge in [-0.2, -0.15) is 0 Å². The van der Waals surface area contributed by atoms with Gasteiger partial charge in [-0.3, -0.25) is 9.78 Å². The zero-order valence-corrected chi connectivity index (χ0v) is 10.9. The molecule has 19 heavy (non-hydrogen) atoms. The summed E-state index contributed by atoms with van der Waals surface area (Å²) >= 11 is 0. The molecule has 0 bridgehead atoms. The van der Waals surface area contributed by atoms with Gasteiger partial charge < -0.3 is 4.90 Å². The number of hydrogen-bond donors (Lipinski definition) is 0. The molecule has 6 heteroatoms. The summed E-state index contributed by atoms with van der Waals surface area (Å²) in [5.74, 6) is 0.300. The van der Waals surface area contributed by atoms with E-state index in [0.29, 0.717) is 19.5 Å². The van der Waals surface area contributed by atoms with Crippen molar-refractivity contribution in [2.45, 2.75) is 25.8 Å². The highest BCUT2D eigenvalue weighted by Gasteiger charge is 2.31. The molecular weight excluding hydrogens is 242 g/mol. The molecule has 1 amide bonds. The fourth-order valence-corrected chi connectivity index (χ4v) is 2.48. The standard InChI is InChI=1S/C13H17N5O/c1-10(5-11-3-2-4-15-7-11)18-9-12(6-13(18)19)8-16-17-14/h2-4,7,10,12H,5-6,8-9H2,1H3. The molecule has 1 aromatic rings. The second kappa shape index (κ2) is 6.20. The molecule has 0 saturated carbocycles. The Morgan fingerprint density at radius 3 is 3.21 bits per heavy atom. The Hall–Kier alpha value is -2.07. The van der Waals surface area contributed by atoms with Crippen molar-refractivity contribution in [3.05, 3.63) is 40.5 Å². The minimum absolute atomic E-state index is 0.146. The van der Waals surface area contributed by atoms with Gasteiger partial charge in [0, 0.05) is 42.9 Å². The summed E-state index contributed by atoms with van der Waals surface area (Å²) in [6.07, 6.45) is 4.85. The van der Waals surface area contributed by atoms with Crippen LogP contribution in [0.2, 0.25) is 0 Å². The van der Waals surface area contributed by atoms with Crippen LogP contribution in [0.25, 0.3) is 10.4 Å². The lowest BCUT2D eigenvalue weighted by Gasteiger charge is -2.24. The van der Waals surface area contributed by atoms with Gasteiger partial charge in [0.25, 0.3) is 0 Å². The molecule has 2 unspecified atom stereocenters. The molecule has 6 nitrogen and oxygen atoms in total. The zero-order chi connectivity index (χ0) is 13.7. The number of nitrogens with zero attached hydrogens (tertiary/aromatic N) is 5. The van der Waals surface area contributed by atoms with E-state index in [1.165, 1.54) is 0 Å². The van der Waals surface area contributed by atoms with Crippen LogP contribution in [0, 0.1) is 5.92 Å². The smallest absolute Gasteiger partial charge is 0.223 e. The minimum atomic E-state index is 0.146. The van der Waals surface area contributed by atoms with E-state index in [2.05, 4.69) is 15.0 Å². The summed E-state index contributed by atoms with van der Waals surface area (Å²) in [6.45, 7) is 3.12. The number of azide groups is 1. The van der Waals surface area contributed by atoms with Gasteiger partial charge in [-0.05, 0) is 36.4 Å². The van der Waals surface area contributed by atoms with Crippen LogP contribution in [0.1, 0.15) is 18.9 Å². The third kappa shape index (κ3) is 3.45. The first-order chi connectivity index (χ1) is 9.20. The third-order valence-electron chi connectivity index (χ3n) is 3.43. The number of likely N-dealkylation sites (tertiary alicyclic amines) is 1. The van der Waals surface area contributed by atoms with Gasteiger partial charge in [-0.15, -0.1) is 0 Å². The van der Waals surface area contributed by atoms with Crippen LogP contribution >= 0.6 is 0 Å². The second-order valence-electron chi connectivity index (χ2n) is 4.94. The van der Waals surface area contributed by atoms with Crippen LogP contribution in [0.4, 0.5) is 0 Å². The predicted octanol–water partition coefficient (Wildman–Crippen LogP) is 2.17. The van der Waals surface area contributed by atoms with Gasteiger partial charge in [0.2, 0.25) is 5.91 Å². The van der Waals surface area contributed by atoms with Crippen molar-refractivity contribution < 1.29 is 4.79 Å². The number of carbonyl (C=O) groups excluding carboxylic acids is 1. The second-order valence-corrected chi connectivity index (χ2v) is 4.94. The maximum atomic E-state index is 12.0. The zero-order valence-electron chi connectivity index (χ0n) is 10.9. The fourth-order valence-electron chi connectivity index (χ4n) is 2.48. The van der Waals surface area contributed by atoms with Gasteiger partial charge in [0.1, 0.15) is 0 Å². The van der Waals surface area contributed by atoms with Crippen LogP contribution in [0.5, 0.6) is 0 Å². The first kappa shape index (κ1) is 13.4. The SMILES string of the molecule is CC(Cc1cccnc1)N1CC(CN=[N+]=[N-])CC1=O. The Kier molecular flexibility index (Phi) is 4.36. The third-order valence-corrected chi connectivity index (χ3v) is 3.43. The van der Waals surface area contributed by atoms with Gasteiger partial charge in [0.05, 0.1) is 0 Å². The molecule has 0 spiro atoms. The van der Waals surface area contributed by atoms with Crippen LogP contribution in [-0.4, -0.2) is 34.9 Å². The van der Waals surface area contributed by atoms with E-state index < -0.39 is 0 Å². The van der Waals surface area contributed by atoms with E-state index >= 15 is 0 Å². The Balaban J connectivity index is 1.94. The molecule has 1 aliphatic heterocycles. The van der Waals surface area contributed by atoms with Crippen molar-refractivity contribution in [1.82, 2.24) is 9.88 Å². The average molecular weight is 259 g/mol. The summed E-state index contributed by atoms with van der Waals surface area (Å²) in [7, 11) is 0. The highest BCUT2D eigenvalue weighted by molar-refractivity contribution is 5.79. The molecule has 1 aromatic heterocycles. The normalized spacial score (nSPS) is 20.2. The lowest BCUT2D eigenvalue weighted by Crippen LogP contribution is -2.36. The summed E-state index contributed by atoms with van der Waals surface area (Å²) in [6, 6.07) is 4.06. The monoisotopic (exact) mass is 259 g/mol. The van der Waals surface area contributed by atoms with Crippen molar-refractivity contribution in [3.8, 4) is 0 Å². The average Bonchev–Trinajstić information content (AvgIpc) is 2.79. The summed E-state index contributed by atoms with van der Waals surface area (Å²) in [4.78, 5) is 20.7. The van der Waals surface area contributed by atoms with Gasteiger partial charge in [0.15, 0.2) is 0 Å². The van der Waals surface area contributed by atoms with E-state index in [9.17, 15) is 4.79 Å². The lowest BCUT2D eigenvalue weighted by atomic mass is 10.1. The van der Waals surface area contributed by atoms with Crippen molar-refractivity contribution in [2.24, 2.45) is 11.0 Å². The van der Waals surface area contributed by atoms with Crippen molar-refractivity contribution in [3.63, 3.8) is 0 Å². The quantitative estimate of drug-likeness (QED) is 0.461. The number of pyridine rings is 1. The van der Waals surface area contributed by atoms with E-state index in [4.69, 9.17) is 5.53 Å². The summed E-state index contributed by atoms with van der Waals surface area (Å²) < 4.78 is 0. The molecule has 2 rings (SSSR count). The van der Waals surface area contributed by atoms with E-state index in [-0.39, 0.29) is 17.9 Å². The van der Waals surface area contributed by atoms with Gasteiger partial charge in [-0.1, -0.05) is 11.2 Å². The van der Waals surface area contributed by atoms with Crippen LogP contribution in [-0.2, 0) is 11.2 Å². The topological polar surface area (TPSA) is 82.0 Å². The molecule has 0 N–H and O–H groups in total. The maximum Gasteiger partial charge on any atom is 0.223 e. The first-order valence-corrected chi connectivity index (χ1v) is 6.40. The highest BCUT2D eigenvalue weighted by atomic mass is 16.2. The Labute approximate surface area is 112 Å². The summed E-state index contributed by atoms with van der Waals surface area (Å²) in [5.41, 5.74) is 9.44. The van der Waals surface area contributed by atoms with E-state index in [1.807, 2.05) is 30.2 Å². The molecular formula is C13H17N5O. The van der Waals surface area contributed by atoms with Gasteiger partial charge >= 0.3 is 0 Å². The highest BCUT2D eigenvalue weighted by Crippen LogP contribution is 2.22. The number of carbonyl (C=O) groups is 1. The summed E-state index contributed by atoms with van der Waals surface area (Å²) in [5, 5.41) is 3.56. The molecule has 100 valence electrons. The molecule has 1 saturated heterocycles. The number of rotatable bonds is 5. The number of aromatic nitrogens is 1. The van der Waals surface area contributed by atoms with Crippen LogP contribution in [0.3, 0.4) is 0 Å². The fraction of sp³-hybridized carbons (Fsp3) is 0.538. The molecule has 0 aromatic carbocycles. The van der Waals surface area contributed by atoms with E-state index in [1.54, 1.807) is 6.20 Å². The van der Waals surface area contributed by atoms with Crippen LogP contribution < -0.4 is 0 Å². The molecule has 1 aliphatic rings. The number of hydrogen-bond acceptors (Lipinski definition) is 3. The van der Waals surface area contributed by atoms with Crippen molar-refractivity contribution in [2.75, 3.05) is 13.1 Å². The van der Waals surface area contributed by atoms with Crippen molar-refractivity contribution in [1.29, 1.82) is 0 Å². The molecule has 2 atom stereocenters. The minimum Gasteiger partial charge on any atom is -0.339 e. The van der Waals surface area contributed by atoms with Crippen LogP contribution in [0.15, 0.2) is 29.6 Å². The largest absolute Gasteiger partial charge is 0.339 e. The number of amides is 1. The molecule has 2 heterocycles. The predicted molar refractivity (Wildman–Crippen MR) is 71.2 cm³/mol. The Morgan fingerprint density at radius 1 is 1.68 bits per heavy atom. The van der Waals surface area contributed by atoms with E-state index in [0.717, 1.165) is 12.0 Å². The first-order valence-electron chi connectivity index (χ1n) is 6.40. The molecule has 1 fully saturated rings. The van der Waals surface area contributed by atoms with Crippen molar-refractivity contribution >= 4 is 5.91 Å². The Morgan fingerprint density at radius 2 is 2.53 bits per heavy atom. The maximum absolute atomic E-state index is 12.0. The lowest BCUT2D eigenvalue weighted by molar-refractivity contribution is -0.129. The molecule has 0 radical (unpaired) electrons.